The van der Waals surface area contributed by atoms with Crippen LogP contribution in [0.4, 0.5) is 5.82 Å². The van der Waals surface area contributed by atoms with Crippen LogP contribution >= 0.6 is 0 Å². The smallest absolute Gasteiger partial charge is 0.264 e. The van der Waals surface area contributed by atoms with Crippen molar-refractivity contribution in [3.8, 4) is 17.5 Å². The number of nitrogen functional groups attached to an aromatic ring is 1. The molecular weight excluding hydrogens is 480 g/mol. The Labute approximate surface area is 218 Å². The Morgan fingerprint density at radius 3 is 2.63 bits per heavy atom. The summed E-state index contributed by atoms with van der Waals surface area (Å²) in [6.45, 7) is 4.97. The van der Waals surface area contributed by atoms with Crippen molar-refractivity contribution < 1.29 is 9.90 Å². The first-order valence-electron chi connectivity index (χ1n) is 12.0. The summed E-state index contributed by atoms with van der Waals surface area (Å²) in [5, 5.41) is 18.3. The highest BCUT2D eigenvalue weighted by Gasteiger charge is 2.24. The van der Waals surface area contributed by atoms with Crippen LogP contribution in [0.15, 0.2) is 77.9 Å². The number of pyridine rings is 1. The second kappa shape index (κ2) is 9.50. The molecule has 3 aromatic heterocycles. The molecule has 0 spiro atoms. The Morgan fingerprint density at radius 2 is 1.89 bits per heavy atom. The van der Waals surface area contributed by atoms with Crippen LogP contribution in [0.1, 0.15) is 48.4 Å². The van der Waals surface area contributed by atoms with Gasteiger partial charge in [0, 0.05) is 29.3 Å². The lowest BCUT2D eigenvalue weighted by molar-refractivity contribution is 0.0941. The van der Waals surface area contributed by atoms with Crippen LogP contribution in [0.2, 0.25) is 0 Å². The number of fused-ring (bicyclic) bond motifs is 2. The number of carbonyl (C=O) groups excluding carboxylic acids is 1. The Morgan fingerprint density at radius 1 is 1.13 bits per heavy atom. The van der Waals surface area contributed by atoms with E-state index in [9.17, 15) is 14.7 Å². The molecule has 0 aliphatic carbocycles. The van der Waals surface area contributed by atoms with Gasteiger partial charge in [-0.2, -0.15) is 0 Å². The Balaban J connectivity index is 1.66. The van der Waals surface area contributed by atoms with Crippen LogP contribution in [0, 0.1) is 11.8 Å². The number of aromatic nitrogens is 4. The topological polar surface area (TPSA) is 128 Å². The summed E-state index contributed by atoms with van der Waals surface area (Å²) in [5.74, 6) is 5.35. The van der Waals surface area contributed by atoms with Crippen LogP contribution < -0.4 is 16.6 Å². The zero-order chi connectivity index (χ0) is 27.0. The molecule has 0 radical (unpaired) electrons. The molecule has 0 fully saturated rings. The molecule has 9 nitrogen and oxygen atoms in total. The lowest BCUT2D eigenvalue weighted by Gasteiger charge is -2.21. The zero-order valence-corrected chi connectivity index (χ0v) is 21.1. The number of hydrogen-bond donors (Lipinski definition) is 3. The van der Waals surface area contributed by atoms with Gasteiger partial charge < -0.3 is 16.2 Å². The van der Waals surface area contributed by atoms with E-state index in [1.54, 1.807) is 55.9 Å². The number of nitrogens with two attached hydrogens (primary N) is 1. The Bertz CT molecular complexity index is 1800. The fourth-order valence-corrected chi connectivity index (χ4v) is 4.33. The SMILES string of the molecule is CC(NC(=O)c1c(N)nn2cccnc12)c1cc2cccc(C#CC(C)(C)O)c2c(=O)n1-c1ccccc1. The third kappa shape index (κ3) is 4.61. The van der Waals surface area contributed by atoms with Gasteiger partial charge in [0.15, 0.2) is 11.5 Å². The molecule has 1 amide bonds. The number of amides is 1. The van der Waals surface area contributed by atoms with Gasteiger partial charge in [0.2, 0.25) is 0 Å². The predicted octanol–water partition coefficient (Wildman–Crippen LogP) is 3.23. The average Bonchev–Trinajstić information content (AvgIpc) is 3.23. The number of carbonyl (C=O) groups is 1. The zero-order valence-electron chi connectivity index (χ0n) is 21.1. The van der Waals surface area contributed by atoms with Gasteiger partial charge in [-0.25, -0.2) is 9.50 Å². The van der Waals surface area contributed by atoms with E-state index in [0.717, 1.165) is 0 Å². The van der Waals surface area contributed by atoms with E-state index in [0.29, 0.717) is 33.4 Å². The maximum Gasteiger partial charge on any atom is 0.264 e. The molecule has 1 atom stereocenters. The van der Waals surface area contributed by atoms with Crippen molar-refractivity contribution in [1.82, 2.24) is 24.5 Å². The maximum atomic E-state index is 14.0. The first-order valence-corrected chi connectivity index (χ1v) is 12.0. The van der Waals surface area contributed by atoms with Crippen molar-refractivity contribution in [1.29, 1.82) is 0 Å². The van der Waals surface area contributed by atoms with E-state index in [1.807, 2.05) is 42.5 Å². The van der Waals surface area contributed by atoms with Gasteiger partial charge in [0.1, 0.15) is 11.2 Å². The predicted molar refractivity (Wildman–Crippen MR) is 146 cm³/mol. The molecule has 0 saturated heterocycles. The highest BCUT2D eigenvalue weighted by Crippen LogP contribution is 2.24. The van der Waals surface area contributed by atoms with Crippen molar-refractivity contribution in [3.05, 3.63) is 100 Å². The lowest BCUT2D eigenvalue weighted by Crippen LogP contribution is -2.32. The average molecular weight is 507 g/mol. The Hall–Kier alpha value is -4.94. The van der Waals surface area contributed by atoms with Crippen molar-refractivity contribution in [2.24, 2.45) is 0 Å². The summed E-state index contributed by atoms with van der Waals surface area (Å²) in [5.41, 5.74) is 6.75. The van der Waals surface area contributed by atoms with Gasteiger partial charge in [-0.15, -0.1) is 5.10 Å². The number of benzene rings is 2. The second-order valence-electron chi connectivity index (χ2n) is 9.47. The van der Waals surface area contributed by atoms with Gasteiger partial charge in [0.25, 0.3) is 11.5 Å². The summed E-state index contributed by atoms with van der Waals surface area (Å²) < 4.78 is 3.02. The second-order valence-corrected chi connectivity index (χ2v) is 9.47. The molecule has 0 aliphatic rings. The summed E-state index contributed by atoms with van der Waals surface area (Å²) in [4.78, 5) is 31.6. The first-order chi connectivity index (χ1) is 18.1. The summed E-state index contributed by atoms with van der Waals surface area (Å²) in [6, 6.07) is 17.5. The standard InChI is InChI=1S/C29H26N6O3/c1-18(32-27(36)24-25(30)33-34-16-8-15-31-26(24)34)22-17-20-10-7-9-19(13-14-29(2,3)38)23(20)28(37)35(22)21-11-5-4-6-12-21/h4-12,15-18,38H,1-3H3,(H2,30,33)(H,32,36). The molecule has 9 heteroatoms. The number of hydrogen-bond acceptors (Lipinski definition) is 6. The van der Waals surface area contributed by atoms with Gasteiger partial charge in [-0.1, -0.05) is 42.2 Å². The van der Waals surface area contributed by atoms with Crippen LogP contribution in [-0.2, 0) is 0 Å². The fraction of sp³-hybridized carbons (Fsp3) is 0.172. The van der Waals surface area contributed by atoms with E-state index >= 15 is 0 Å². The minimum absolute atomic E-state index is 0.0578. The molecule has 0 bridgehead atoms. The molecule has 0 aliphatic heterocycles. The van der Waals surface area contributed by atoms with E-state index in [1.165, 1.54) is 4.52 Å². The molecule has 1 unspecified atom stereocenters. The van der Waals surface area contributed by atoms with Crippen molar-refractivity contribution in [2.45, 2.75) is 32.4 Å². The van der Waals surface area contributed by atoms with Gasteiger partial charge in [-0.05, 0) is 56.5 Å². The van der Waals surface area contributed by atoms with E-state index in [4.69, 9.17) is 5.73 Å². The summed E-state index contributed by atoms with van der Waals surface area (Å²) in [7, 11) is 0. The highest BCUT2D eigenvalue weighted by molar-refractivity contribution is 6.04. The van der Waals surface area contributed by atoms with E-state index in [-0.39, 0.29) is 16.9 Å². The number of anilines is 1. The van der Waals surface area contributed by atoms with Crippen LogP contribution in [-0.4, -0.2) is 35.8 Å². The summed E-state index contributed by atoms with van der Waals surface area (Å²) in [6.07, 6.45) is 3.22. The number of rotatable bonds is 4. The van der Waals surface area contributed by atoms with E-state index < -0.39 is 17.6 Å². The molecule has 38 heavy (non-hydrogen) atoms. The third-order valence-corrected chi connectivity index (χ3v) is 6.03. The monoisotopic (exact) mass is 506 g/mol. The molecule has 3 heterocycles. The van der Waals surface area contributed by atoms with Crippen LogP contribution in [0.5, 0.6) is 0 Å². The molecular formula is C29H26N6O3. The molecule has 4 N–H and O–H groups in total. The minimum atomic E-state index is -1.21. The third-order valence-electron chi connectivity index (χ3n) is 6.03. The summed E-state index contributed by atoms with van der Waals surface area (Å²) >= 11 is 0. The minimum Gasteiger partial charge on any atom is -0.381 e. The van der Waals surface area contributed by atoms with Gasteiger partial charge >= 0.3 is 0 Å². The maximum absolute atomic E-state index is 14.0. The molecule has 5 aromatic rings. The molecule has 0 saturated carbocycles. The van der Waals surface area contributed by atoms with Crippen molar-refractivity contribution >= 4 is 28.1 Å². The molecule has 5 rings (SSSR count). The number of aliphatic hydroxyl groups is 1. The van der Waals surface area contributed by atoms with Gasteiger partial charge in [0.05, 0.1) is 11.4 Å². The largest absolute Gasteiger partial charge is 0.381 e. The van der Waals surface area contributed by atoms with Crippen LogP contribution in [0.3, 0.4) is 0 Å². The quantitative estimate of drug-likeness (QED) is 0.321. The number of nitrogens with zero attached hydrogens (tertiary/aromatic N) is 4. The van der Waals surface area contributed by atoms with Crippen LogP contribution in [0.25, 0.3) is 22.1 Å². The molecule has 2 aromatic carbocycles. The molecule has 190 valence electrons. The number of nitrogens with one attached hydrogen (secondary N) is 1. The highest BCUT2D eigenvalue weighted by atomic mass is 16.3. The van der Waals surface area contributed by atoms with E-state index in [2.05, 4.69) is 27.2 Å². The number of para-hydroxylation sites is 1. The lowest BCUT2D eigenvalue weighted by atomic mass is 10.0. The fourth-order valence-electron chi connectivity index (χ4n) is 4.33. The first kappa shape index (κ1) is 24.7. The normalized spacial score (nSPS) is 12.2. The van der Waals surface area contributed by atoms with Crippen molar-refractivity contribution in [2.75, 3.05) is 5.73 Å². The van der Waals surface area contributed by atoms with Gasteiger partial charge in [-0.3, -0.25) is 14.2 Å². The van der Waals surface area contributed by atoms with Crippen molar-refractivity contribution in [3.63, 3.8) is 0 Å². The Kier molecular flexibility index (Phi) is 6.18.